The van der Waals surface area contributed by atoms with Crippen LogP contribution in [0.5, 0.6) is 11.5 Å². The summed E-state index contributed by atoms with van der Waals surface area (Å²) in [6, 6.07) is 14.3. The van der Waals surface area contributed by atoms with Gasteiger partial charge in [-0.05, 0) is 30.5 Å². The van der Waals surface area contributed by atoms with Crippen LogP contribution in [0, 0.1) is 12.8 Å². The van der Waals surface area contributed by atoms with E-state index in [9.17, 15) is 0 Å². The topological polar surface area (TPSA) is 30.5 Å². The van der Waals surface area contributed by atoms with Crippen molar-refractivity contribution in [2.24, 2.45) is 5.92 Å². The molecule has 0 radical (unpaired) electrons. The molecule has 0 aliphatic heterocycles. The molecule has 1 N–H and O–H groups in total. The molecule has 0 unspecified atom stereocenters. The summed E-state index contributed by atoms with van der Waals surface area (Å²) < 4.78 is 11.4. The Morgan fingerprint density at radius 3 is 2.50 bits per heavy atom. The lowest BCUT2D eigenvalue weighted by atomic mass is 10.1. The molecular weight excluding hydrogens is 274 g/mol. The zero-order valence-electron chi connectivity index (χ0n) is 13.8. The van der Waals surface area contributed by atoms with Crippen molar-refractivity contribution in [3.8, 4) is 11.5 Å². The molecule has 0 aliphatic rings. The molecule has 2 rings (SSSR count). The fraction of sp³-hybridized carbons (Fsp3) is 0.368. The van der Waals surface area contributed by atoms with E-state index in [1.54, 1.807) is 7.11 Å². The van der Waals surface area contributed by atoms with Gasteiger partial charge in [-0.1, -0.05) is 44.2 Å². The number of ether oxygens (including phenoxy) is 2. The van der Waals surface area contributed by atoms with Crippen LogP contribution in [0.1, 0.15) is 25.0 Å². The van der Waals surface area contributed by atoms with Crippen molar-refractivity contribution in [2.45, 2.75) is 27.3 Å². The lowest BCUT2D eigenvalue weighted by molar-refractivity contribution is 0.254. The third kappa shape index (κ3) is 4.17. The monoisotopic (exact) mass is 299 g/mol. The van der Waals surface area contributed by atoms with Gasteiger partial charge >= 0.3 is 0 Å². The van der Waals surface area contributed by atoms with E-state index in [1.165, 1.54) is 5.56 Å². The zero-order chi connectivity index (χ0) is 15.9. The molecule has 0 aliphatic carbocycles. The van der Waals surface area contributed by atoms with Crippen LogP contribution in [0.3, 0.4) is 0 Å². The van der Waals surface area contributed by atoms with E-state index in [-0.39, 0.29) is 0 Å². The molecule has 0 amide bonds. The minimum absolute atomic E-state index is 0.474. The SMILES string of the molecule is COc1cccc(CNc2ccccc2C)c1OCC(C)C. The number of benzene rings is 2. The van der Waals surface area contributed by atoms with E-state index in [1.807, 2.05) is 24.3 Å². The molecule has 2 aromatic carbocycles. The fourth-order valence-electron chi connectivity index (χ4n) is 2.24. The largest absolute Gasteiger partial charge is 0.493 e. The first-order chi connectivity index (χ1) is 10.6. The Morgan fingerprint density at radius 2 is 1.82 bits per heavy atom. The van der Waals surface area contributed by atoms with Gasteiger partial charge in [0, 0.05) is 17.8 Å². The van der Waals surface area contributed by atoms with Gasteiger partial charge in [0.25, 0.3) is 0 Å². The van der Waals surface area contributed by atoms with Crippen LogP contribution in [0.4, 0.5) is 5.69 Å². The molecule has 0 saturated carbocycles. The Labute approximate surface area is 133 Å². The second-order valence-electron chi connectivity index (χ2n) is 5.82. The van der Waals surface area contributed by atoms with Gasteiger partial charge in [-0.3, -0.25) is 0 Å². The van der Waals surface area contributed by atoms with Crippen molar-refractivity contribution >= 4 is 5.69 Å². The summed E-state index contributed by atoms with van der Waals surface area (Å²) in [5, 5.41) is 3.47. The lowest BCUT2D eigenvalue weighted by Gasteiger charge is -2.17. The number of anilines is 1. The van der Waals surface area contributed by atoms with Crippen LogP contribution in [0.2, 0.25) is 0 Å². The maximum absolute atomic E-state index is 5.97. The minimum atomic E-state index is 0.474. The van der Waals surface area contributed by atoms with E-state index < -0.39 is 0 Å². The molecule has 2 aromatic rings. The Hall–Kier alpha value is -2.16. The van der Waals surface area contributed by atoms with Gasteiger partial charge in [0.1, 0.15) is 0 Å². The smallest absolute Gasteiger partial charge is 0.166 e. The molecule has 3 nitrogen and oxygen atoms in total. The molecule has 0 fully saturated rings. The molecule has 3 heteroatoms. The van der Waals surface area contributed by atoms with Crippen LogP contribution in [0.15, 0.2) is 42.5 Å². The van der Waals surface area contributed by atoms with Crippen LogP contribution < -0.4 is 14.8 Å². The third-order valence-corrected chi connectivity index (χ3v) is 3.46. The molecule has 0 aromatic heterocycles. The number of rotatable bonds is 7. The van der Waals surface area contributed by atoms with Crippen LogP contribution in [-0.4, -0.2) is 13.7 Å². The maximum atomic E-state index is 5.97. The molecule has 22 heavy (non-hydrogen) atoms. The molecule has 0 heterocycles. The van der Waals surface area contributed by atoms with Crippen molar-refractivity contribution in [3.05, 3.63) is 53.6 Å². The van der Waals surface area contributed by atoms with E-state index in [0.29, 0.717) is 19.1 Å². The zero-order valence-corrected chi connectivity index (χ0v) is 13.8. The minimum Gasteiger partial charge on any atom is -0.493 e. The predicted octanol–water partition coefficient (Wildman–Crippen LogP) is 4.65. The van der Waals surface area contributed by atoms with E-state index in [4.69, 9.17) is 9.47 Å². The molecule has 0 bridgehead atoms. The highest BCUT2D eigenvalue weighted by atomic mass is 16.5. The van der Waals surface area contributed by atoms with Crippen molar-refractivity contribution in [1.82, 2.24) is 0 Å². The number of methoxy groups -OCH3 is 1. The van der Waals surface area contributed by atoms with Gasteiger partial charge in [-0.25, -0.2) is 0 Å². The molecule has 118 valence electrons. The number of aryl methyl sites for hydroxylation is 1. The summed E-state index contributed by atoms with van der Waals surface area (Å²) in [5.41, 5.74) is 3.47. The van der Waals surface area contributed by atoms with Crippen LogP contribution in [-0.2, 0) is 6.54 Å². The molecule has 0 spiro atoms. The van der Waals surface area contributed by atoms with Crippen molar-refractivity contribution in [1.29, 1.82) is 0 Å². The summed E-state index contributed by atoms with van der Waals surface area (Å²) >= 11 is 0. The normalized spacial score (nSPS) is 10.6. The Bertz CT molecular complexity index is 608. The van der Waals surface area contributed by atoms with Crippen LogP contribution in [0.25, 0.3) is 0 Å². The van der Waals surface area contributed by atoms with Crippen molar-refractivity contribution in [3.63, 3.8) is 0 Å². The van der Waals surface area contributed by atoms with Gasteiger partial charge in [-0.15, -0.1) is 0 Å². The van der Waals surface area contributed by atoms with Gasteiger partial charge in [-0.2, -0.15) is 0 Å². The fourth-order valence-corrected chi connectivity index (χ4v) is 2.24. The number of hydrogen-bond acceptors (Lipinski definition) is 3. The Morgan fingerprint density at radius 1 is 1.05 bits per heavy atom. The van der Waals surface area contributed by atoms with Gasteiger partial charge < -0.3 is 14.8 Å². The summed E-state index contributed by atoms with van der Waals surface area (Å²) in [6.07, 6.45) is 0. The van der Waals surface area contributed by atoms with Crippen molar-refractivity contribution in [2.75, 3.05) is 19.0 Å². The third-order valence-electron chi connectivity index (χ3n) is 3.46. The number of para-hydroxylation sites is 2. The van der Waals surface area contributed by atoms with Crippen LogP contribution >= 0.6 is 0 Å². The number of nitrogens with one attached hydrogen (secondary N) is 1. The first-order valence-corrected chi connectivity index (χ1v) is 7.70. The molecular formula is C19H25NO2. The molecule has 0 atom stereocenters. The van der Waals surface area contributed by atoms with Crippen molar-refractivity contribution < 1.29 is 9.47 Å². The van der Waals surface area contributed by atoms with Gasteiger partial charge in [0.05, 0.1) is 13.7 Å². The average Bonchev–Trinajstić information content (AvgIpc) is 2.52. The highest BCUT2D eigenvalue weighted by molar-refractivity contribution is 5.53. The Kier molecular flexibility index (Phi) is 5.70. The van der Waals surface area contributed by atoms with E-state index >= 15 is 0 Å². The highest BCUT2D eigenvalue weighted by Gasteiger charge is 2.11. The Balaban J connectivity index is 2.17. The number of hydrogen-bond donors (Lipinski definition) is 1. The summed E-state index contributed by atoms with van der Waals surface area (Å²) in [5.74, 6) is 2.09. The summed E-state index contributed by atoms with van der Waals surface area (Å²) in [4.78, 5) is 0. The second-order valence-corrected chi connectivity index (χ2v) is 5.82. The van der Waals surface area contributed by atoms with E-state index in [2.05, 4.69) is 44.3 Å². The maximum Gasteiger partial charge on any atom is 0.166 e. The average molecular weight is 299 g/mol. The van der Waals surface area contributed by atoms with E-state index in [0.717, 1.165) is 22.7 Å². The summed E-state index contributed by atoms with van der Waals surface area (Å²) in [7, 11) is 1.68. The highest BCUT2D eigenvalue weighted by Crippen LogP contribution is 2.32. The summed E-state index contributed by atoms with van der Waals surface area (Å²) in [6.45, 7) is 7.76. The quantitative estimate of drug-likeness (QED) is 0.807. The molecule has 0 saturated heterocycles. The first-order valence-electron chi connectivity index (χ1n) is 7.70. The van der Waals surface area contributed by atoms with Gasteiger partial charge in [0.2, 0.25) is 0 Å². The standard InChI is InChI=1S/C19H25NO2/c1-14(2)13-22-19-16(9-7-11-18(19)21-4)12-20-17-10-6-5-8-15(17)3/h5-11,14,20H,12-13H2,1-4H3. The predicted molar refractivity (Wildman–Crippen MR) is 91.8 cm³/mol. The lowest BCUT2D eigenvalue weighted by Crippen LogP contribution is -2.09. The second kappa shape index (κ2) is 7.74. The first kappa shape index (κ1) is 16.2. The van der Waals surface area contributed by atoms with Gasteiger partial charge in [0.15, 0.2) is 11.5 Å².